The van der Waals surface area contributed by atoms with Crippen molar-refractivity contribution in [3.8, 4) is 0 Å². The number of benzene rings is 1. The summed E-state index contributed by atoms with van der Waals surface area (Å²) in [6.45, 7) is 3.23. The lowest BCUT2D eigenvalue weighted by molar-refractivity contribution is -0.124. The number of carbonyl (C=O) groups excluding carboxylic acids is 2. The summed E-state index contributed by atoms with van der Waals surface area (Å²) in [6.07, 6.45) is -0.0952. The summed E-state index contributed by atoms with van der Waals surface area (Å²) in [5.41, 5.74) is 1.56. The van der Waals surface area contributed by atoms with Crippen molar-refractivity contribution in [2.45, 2.75) is 20.3 Å². The van der Waals surface area contributed by atoms with Crippen LogP contribution in [0.5, 0.6) is 0 Å². The minimum Gasteiger partial charge on any atom is -0.325 e. The Bertz CT molecular complexity index is 402. The number of hydrogen-bond acceptors (Lipinski definition) is 2. The van der Waals surface area contributed by atoms with Crippen molar-refractivity contribution >= 4 is 29.0 Å². The molecule has 0 heterocycles. The highest BCUT2D eigenvalue weighted by Crippen LogP contribution is 2.19. The highest BCUT2D eigenvalue weighted by molar-refractivity contribution is 6.30. The van der Waals surface area contributed by atoms with Gasteiger partial charge in [-0.25, -0.2) is 0 Å². The zero-order chi connectivity index (χ0) is 11.4. The van der Waals surface area contributed by atoms with Crippen LogP contribution < -0.4 is 5.32 Å². The first-order valence-electron chi connectivity index (χ1n) is 4.54. The van der Waals surface area contributed by atoms with E-state index in [4.69, 9.17) is 11.6 Å². The number of Topliss-reactive ketones (excluding diaryl/α,β-unsaturated/α-hetero) is 1. The molecule has 0 radical (unpaired) electrons. The zero-order valence-corrected chi connectivity index (χ0v) is 9.39. The summed E-state index contributed by atoms with van der Waals surface area (Å²) in [6, 6.07) is 5.17. The molecule has 3 nitrogen and oxygen atoms in total. The second-order valence-electron chi connectivity index (χ2n) is 3.39. The molecule has 0 saturated carbocycles. The quantitative estimate of drug-likeness (QED) is 0.804. The van der Waals surface area contributed by atoms with E-state index in [1.54, 1.807) is 18.2 Å². The molecule has 1 amide bonds. The number of hydrogen-bond donors (Lipinski definition) is 1. The third kappa shape index (κ3) is 3.72. The van der Waals surface area contributed by atoms with Gasteiger partial charge in [0.05, 0.1) is 6.42 Å². The molecule has 0 aliphatic heterocycles. The Kier molecular flexibility index (Phi) is 3.86. The summed E-state index contributed by atoms with van der Waals surface area (Å²) in [7, 11) is 0. The molecule has 80 valence electrons. The zero-order valence-electron chi connectivity index (χ0n) is 8.63. The van der Waals surface area contributed by atoms with Gasteiger partial charge in [0.2, 0.25) is 5.91 Å². The van der Waals surface area contributed by atoms with Crippen molar-refractivity contribution in [3.63, 3.8) is 0 Å². The number of aryl methyl sites for hydroxylation is 1. The molecule has 0 bridgehead atoms. The molecular formula is C11H12ClNO2. The van der Waals surface area contributed by atoms with Crippen molar-refractivity contribution in [2.24, 2.45) is 0 Å². The second kappa shape index (κ2) is 4.94. The molecule has 0 aliphatic carbocycles. The first-order chi connectivity index (χ1) is 6.99. The van der Waals surface area contributed by atoms with E-state index in [1.807, 2.05) is 6.92 Å². The maximum atomic E-state index is 11.3. The molecule has 0 atom stereocenters. The highest BCUT2D eigenvalue weighted by Gasteiger charge is 2.07. The minimum absolute atomic E-state index is 0.0952. The normalized spacial score (nSPS) is 9.80. The summed E-state index contributed by atoms with van der Waals surface area (Å²) in [5, 5.41) is 3.27. The van der Waals surface area contributed by atoms with Gasteiger partial charge in [0.15, 0.2) is 0 Å². The average molecular weight is 226 g/mol. The summed E-state index contributed by atoms with van der Waals surface area (Å²) in [4.78, 5) is 22.0. The Balaban J connectivity index is 2.72. The van der Waals surface area contributed by atoms with Crippen LogP contribution >= 0.6 is 11.6 Å². The summed E-state index contributed by atoms with van der Waals surface area (Å²) < 4.78 is 0. The molecule has 1 aromatic carbocycles. The topological polar surface area (TPSA) is 46.2 Å². The van der Waals surface area contributed by atoms with Gasteiger partial charge in [-0.3, -0.25) is 9.59 Å². The van der Waals surface area contributed by atoms with E-state index in [1.165, 1.54) is 6.92 Å². The van der Waals surface area contributed by atoms with Gasteiger partial charge >= 0.3 is 0 Å². The molecule has 1 N–H and O–H groups in total. The number of rotatable bonds is 3. The third-order valence-corrected chi connectivity index (χ3v) is 2.11. The molecule has 0 fully saturated rings. The molecule has 4 heteroatoms. The molecule has 0 saturated heterocycles. The fourth-order valence-corrected chi connectivity index (χ4v) is 1.41. The number of amides is 1. The molecule has 0 unspecified atom stereocenters. The van der Waals surface area contributed by atoms with Gasteiger partial charge in [0.1, 0.15) is 5.78 Å². The lowest BCUT2D eigenvalue weighted by Gasteiger charge is -2.07. The van der Waals surface area contributed by atoms with Crippen molar-refractivity contribution in [1.29, 1.82) is 0 Å². The fraction of sp³-hybridized carbons (Fsp3) is 0.273. The van der Waals surface area contributed by atoms with E-state index in [-0.39, 0.29) is 18.1 Å². The second-order valence-corrected chi connectivity index (χ2v) is 3.82. The van der Waals surface area contributed by atoms with Crippen LogP contribution in [-0.4, -0.2) is 11.7 Å². The van der Waals surface area contributed by atoms with Crippen LogP contribution in [0.25, 0.3) is 0 Å². The van der Waals surface area contributed by atoms with Crippen molar-refractivity contribution in [1.82, 2.24) is 0 Å². The molecule has 15 heavy (non-hydrogen) atoms. The van der Waals surface area contributed by atoms with Crippen LogP contribution in [0.3, 0.4) is 0 Å². The van der Waals surface area contributed by atoms with Crippen molar-refractivity contribution in [3.05, 3.63) is 28.8 Å². The van der Waals surface area contributed by atoms with Crippen LogP contribution in [0.1, 0.15) is 18.9 Å². The average Bonchev–Trinajstić information content (AvgIpc) is 2.08. The number of halogens is 1. The van der Waals surface area contributed by atoms with Crippen molar-refractivity contribution < 1.29 is 9.59 Å². The maximum Gasteiger partial charge on any atom is 0.231 e. The largest absolute Gasteiger partial charge is 0.325 e. The van der Waals surface area contributed by atoms with E-state index < -0.39 is 0 Å². The highest BCUT2D eigenvalue weighted by atomic mass is 35.5. The van der Waals surface area contributed by atoms with E-state index in [2.05, 4.69) is 5.32 Å². The molecule has 1 aromatic rings. The van der Waals surface area contributed by atoms with Crippen LogP contribution in [0.2, 0.25) is 5.02 Å². The van der Waals surface area contributed by atoms with Crippen LogP contribution in [-0.2, 0) is 9.59 Å². The van der Waals surface area contributed by atoms with Gasteiger partial charge in [-0.05, 0) is 37.6 Å². The van der Waals surface area contributed by atoms with Crippen LogP contribution in [0, 0.1) is 6.92 Å². The number of carbonyl (C=O) groups is 2. The monoisotopic (exact) mass is 225 g/mol. The van der Waals surface area contributed by atoms with Gasteiger partial charge in [-0.2, -0.15) is 0 Å². The summed E-state index contributed by atoms with van der Waals surface area (Å²) in [5.74, 6) is -0.452. The van der Waals surface area contributed by atoms with Crippen LogP contribution in [0.4, 0.5) is 5.69 Å². The van der Waals surface area contributed by atoms with Crippen molar-refractivity contribution in [2.75, 3.05) is 5.32 Å². The standard InChI is InChI=1S/C11H12ClNO2/c1-7-5-9(12)3-4-10(7)13-11(15)6-8(2)14/h3-5H,6H2,1-2H3,(H,13,15). The lowest BCUT2D eigenvalue weighted by Crippen LogP contribution is -2.15. The first kappa shape index (κ1) is 11.7. The molecule has 0 aromatic heterocycles. The number of anilines is 1. The van der Waals surface area contributed by atoms with Gasteiger partial charge in [0.25, 0.3) is 0 Å². The van der Waals surface area contributed by atoms with Gasteiger partial charge in [-0.15, -0.1) is 0 Å². The Labute approximate surface area is 93.4 Å². The lowest BCUT2D eigenvalue weighted by atomic mass is 10.2. The van der Waals surface area contributed by atoms with Gasteiger partial charge in [-0.1, -0.05) is 11.6 Å². The van der Waals surface area contributed by atoms with E-state index in [0.717, 1.165) is 5.56 Å². The van der Waals surface area contributed by atoms with Gasteiger partial charge in [0, 0.05) is 10.7 Å². The Morgan fingerprint density at radius 1 is 1.40 bits per heavy atom. The molecular weight excluding hydrogens is 214 g/mol. The third-order valence-electron chi connectivity index (χ3n) is 1.87. The van der Waals surface area contributed by atoms with E-state index >= 15 is 0 Å². The minimum atomic E-state index is -0.298. The molecule has 1 rings (SSSR count). The Hall–Kier alpha value is -1.35. The maximum absolute atomic E-state index is 11.3. The smallest absolute Gasteiger partial charge is 0.231 e. The predicted molar refractivity (Wildman–Crippen MR) is 60.1 cm³/mol. The number of nitrogens with one attached hydrogen (secondary N) is 1. The van der Waals surface area contributed by atoms with Gasteiger partial charge < -0.3 is 5.32 Å². The molecule has 0 spiro atoms. The van der Waals surface area contributed by atoms with E-state index in [0.29, 0.717) is 10.7 Å². The Morgan fingerprint density at radius 2 is 2.07 bits per heavy atom. The first-order valence-corrected chi connectivity index (χ1v) is 4.92. The number of ketones is 1. The summed E-state index contributed by atoms with van der Waals surface area (Å²) >= 11 is 5.77. The predicted octanol–water partition coefficient (Wildman–Crippen LogP) is 2.57. The SMILES string of the molecule is CC(=O)CC(=O)Nc1ccc(Cl)cc1C. The fourth-order valence-electron chi connectivity index (χ4n) is 1.19. The Morgan fingerprint density at radius 3 is 2.60 bits per heavy atom. The van der Waals surface area contributed by atoms with Crippen LogP contribution in [0.15, 0.2) is 18.2 Å². The van der Waals surface area contributed by atoms with E-state index in [9.17, 15) is 9.59 Å². The molecule has 0 aliphatic rings.